The fraction of sp³-hybridized carbons (Fsp3) is 0.100. The molecule has 22 heavy (non-hydrogen) atoms. The zero-order valence-electron chi connectivity index (χ0n) is 12.8. The van der Waals surface area contributed by atoms with Gasteiger partial charge in [0.2, 0.25) is 0 Å². The fourth-order valence-electron chi connectivity index (χ4n) is 2.55. The first kappa shape index (κ1) is 14.2. The summed E-state index contributed by atoms with van der Waals surface area (Å²) in [6, 6.07) is 16.2. The number of allylic oxidation sites excluding steroid dienone is 4. The zero-order chi connectivity index (χ0) is 15.7. The normalized spacial score (nSPS) is 14.6. The van der Waals surface area contributed by atoms with Gasteiger partial charge in [0.1, 0.15) is 0 Å². The first-order chi connectivity index (χ1) is 10.6. The molecule has 0 radical (unpaired) electrons. The van der Waals surface area contributed by atoms with E-state index >= 15 is 0 Å². The molecule has 0 aliphatic heterocycles. The molecule has 1 aliphatic carbocycles. The average molecular weight is 286 g/mol. The standard InChI is InChI=1S/C20H18N2/c1-13-3-7-15(8-4-13)17-11-12-18(20(22)19(17)21)16-9-5-14(2)6-10-16/h3-12,21-22H,1-2H3. The van der Waals surface area contributed by atoms with Crippen molar-refractivity contribution in [2.45, 2.75) is 13.8 Å². The summed E-state index contributed by atoms with van der Waals surface area (Å²) in [5, 5.41) is 16.7. The van der Waals surface area contributed by atoms with Crippen LogP contribution in [0.3, 0.4) is 0 Å². The summed E-state index contributed by atoms with van der Waals surface area (Å²) in [6.07, 6.45) is 3.89. The second kappa shape index (κ2) is 5.57. The number of benzene rings is 2. The Labute approximate surface area is 130 Å². The van der Waals surface area contributed by atoms with Crippen molar-refractivity contribution in [3.8, 4) is 0 Å². The van der Waals surface area contributed by atoms with E-state index in [9.17, 15) is 0 Å². The van der Waals surface area contributed by atoms with E-state index in [4.69, 9.17) is 10.8 Å². The number of hydrogen-bond donors (Lipinski definition) is 2. The van der Waals surface area contributed by atoms with Crippen molar-refractivity contribution in [2.75, 3.05) is 0 Å². The van der Waals surface area contributed by atoms with Crippen LogP contribution in [0.4, 0.5) is 0 Å². The smallest absolute Gasteiger partial charge is 0.0873 e. The summed E-state index contributed by atoms with van der Waals surface area (Å²) in [6.45, 7) is 4.09. The maximum absolute atomic E-state index is 8.33. The molecular weight excluding hydrogens is 268 g/mol. The van der Waals surface area contributed by atoms with Gasteiger partial charge in [-0.05, 0) is 25.0 Å². The Kier molecular flexibility index (Phi) is 3.60. The second-order valence-electron chi connectivity index (χ2n) is 5.64. The predicted molar refractivity (Wildman–Crippen MR) is 93.8 cm³/mol. The van der Waals surface area contributed by atoms with Gasteiger partial charge in [0.05, 0.1) is 11.4 Å². The SMILES string of the molecule is Cc1ccc(C2=CC=C(c3ccc(C)cc3)C(=N)C2=N)cc1. The lowest BCUT2D eigenvalue weighted by Gasteiger charge is -2.18. The van der Waals surface area contributed by atoms with E-state index in [1.54, 1.807) is 0 Å². The molecule has 2 heteroatoms. The first-order valence-electron chi connectivity index (χ1n) is 7.30. The van der Waals surface area contributed by atoms with Crippen molar-refractivity contribution in [1.82, 2.24) is 0 Å². The van der Waals surface area contributed by atoms with Crippen molar-refractivity contribution < 1.29 is 0 Å². The topological polar surface area (TPSA) is 47.7 Å². The molecule has 0 fully saturated rings. The van der Waals surface area contributed by atoms with Crippen LogP contribution in [0.1, 0.15) is 22.3 Å². The minimum atomic E-state index is 0.280. The lowest BCUT2D eigenvalue weighted by atomic mass is 9.86. The molecule has 0 heterocycles. The van der Waals surface area contributed by atoms with Crippen LogP contribution < -0.4 is 0 Å². The number of hydrogen-bond acceptors (Lipinski definition) is 2. The predicted octanol–water partition coefficient (Wildman–Crippen LogP) is 4.82. The van der Waals surface area contributed by atoms with Crippen LogP contribution in [0, 0.1) is 24.7 Å². The van der Waals surface area contributed by atoms with Gasteiger partial charge >= 0.3 is 0 Å². The van der Waals surface area contributed by atoms with Crippen LogP contribution in [0.25, 0.3) is 11.1 Å². The van der Waals surface area contributed by atoms with Gasteiger partial charge in [-0.15, -0.1) is 0 Å². The maximum atomic E-state index is 8.33. The van der Waals surface area contributed by atoms with Crippen molar-refractivity contribution in [1.29, 1.82) is 10.8 Å². The molecule has 0 saturated carbocycles. The Hall–Kier alpha value is -2.74. The number of aryl methyl sites for hydroxylation is 2. The molecule has 2 N–H and O–H groups in total. The third kappa shape index (κ3) is 2.56. The minimum absolute atomic E-state index is 0.280. The van der Waals surface area contributed by atoms with E-state index in [-0.39, 0.29) is 11.4 Å². The first-order valence-corrected chi connectivity index (χ1v) is 7.30. The number of nitrogens with one attached hydrogen (secondary N) is 2. The molecule has 0 amide bonds. The molecule has 0 aromatic heterocycles. The maximum Gasteiger partial charge on any atom is 0.0873 e. The quantitative estimate of drug-likeness (QED) is 0.743. The summed E-state index contributed by atoms with van der Waals surface area (Å²) < 4.78 is 0. The van der Waals surface area contributed by atoms with Gasteiger partial charge < -0.3 is 0 Å². The van der Waals surface area contributed by atoms with Gasteiger partial charge in [-0.2, -0.15) is 0 Å². The van der Waals surface area contributed by atoms with Gasteiger partial charge in [0.15, 0.2) is 0 Å². The monoisotopic (exact) mass is 286 g/mol. The van der Waals surface area contributed by atoms with E-state index in [0.29, 0.717) is 0 Å². The molecule has 3 rings (SSSR count). The third-order valence-electron chi connectivity index (χ3n) is 3.93. The van der Waals surface area contributed by atoms with Crippen molar-refractivity contribution in [2.24, 2.45) is 0 Å². The van der Waals surface area contributed by atoms with Gasteiger partial charge in [0, 0.05) is 11.1 Å². The summed E-state index contributed by atoms with van der Waals surface area (Å²) in [7, 11) is 0. The summed E-state index contributed by atoms with van der Waals surface area (Å²) in [5.41, 5.74) is 6.53. The Morgan fingerprint density at radius 3 is 1.18 bits per heavy atom. The zero-order valence-corrected chi connectivity index (χ0v) is 12.8. The van der Waals surface area contributed by atoms with E-state index in [1.165, 1.54) is 11.1 Å². The summed E-state index contributed by atoms with van der Waals surface area (Å²) >= 11 is 0. The molecule has 1 aliphatic rings. The molecule has 0 saturated heterocycles. The third-order valence-corrected chi connectivity index (χ3v) is 3.93. The number of rotatable bonds is 2. The Morgan fingerprint density at radius 1 is 0.545 bits per heavy atom. The largest absolute Gasteiger partial charge is 0.298 e. The Bertz CT molecular complexity index is 732. The summed E-state index contributed by atoms with van der Waals surface area (Å²) in [4.78, 5) is 0. The van der Waals surface area contributed by atoms with Gasteiger partial charge in [0.25, 0.3) is 0 Å². The molecule has 108 valence electrons. The Balaban J connectivity index is 2.02. The van der Waals surface area contributed by atoms with E-state index in [1.807, 2.05) is 74.5 Å². The molecule has 0 atom stereocenters. The van der Waals surface area contributed by atoms with Crippen LogP contribution in [-0.4, -0.2) is 11.4 Å². The van der Waals surface area contributed by atoms with E-state index < -0.39 is 0 Å². The lowest BCUT2D eigenvalue weighted by molar-refractivity contribution is 1.44. The molecule has 0 bridgehead atoms. The van der Waals surface area contributed by atoms with E-state index in [0.717, 1.165) is 22.3 Å². The van der Waals surface area contributed by atoms with Gasteiger partial charge in [-0.25, -0.2) is 0 Å². The molecule has 2 aromatic carbocycles. The van der Waals surface area contributed by atoms with Crippen LogP contribution in [0.5, 0.6) is 0 Å². The van der Waals surface area contributed by atoms with E-state index in [2.05, 4.69) is 0 Å². The second-order valence-corrected chi connectivity index (χ2v) is 5.64. The average Bonchev–Trinajstić information content (AvgIpc) is 2.52. The van der Waals surface area contributed by atoms with Crippen LogP contribution in [-0.2, 0) is 0 Å². The van der Waals surface area contributed by atoms with Crippen molar-refractivity contribution in [3.63, 3.8) is 0 Å². The molecule has 2 nitrogen and oxygen atoms in total. The molecular formula is C20H18N2. The highest BCUT2D eigenvalue weighted by Gasteiger charge is 2.20. The van der Waals surface area contributed by atoms with Crippen molar-refractivity contribution in [3.05, 3.63) is 82.9 Å². The van der Waals surface area contributed by atoms with Gasteiger partial charge in [-0.3, -0.25) is 10.8 Å². The molecule has 2 aromatic rings. The highest BCUT2D eigenvalue weighted by Crippen LogP contribution is 2.27. The Morgan fingerprint density at radius 2 is 0.864 bits per heavy atom. The van der Waals surface area contributed by atoms with Crippen LogP contribution >= 0.6 is 0 Å². The van der Waals surface area contributed by atoms with Crippen LogP contribution in [0.2, 0.25) is 0 Å². The van der Waals surface area contributed by atoms with Gasteiger partial charge in [-0.1, -0.05) is 71.8 Å². The highest BCUT2D eigenvalue weighted by atomic mass is 14.5. The fourth-order valence-corrected chi connectivity index (χ4v) is 2.55. The molecule has 0 unspecified atom stereocenters. The van der Waals surface area contributed by atoms with Crippen molar-refractivity contribution >= 4 is 22.6 Å². The highest BCUT2D eigenvalue weighted by molar-refractivity contribution is 6.68. The summed E-state index contributed by atoms with van der Waals surface area (Å²) in [5.74, 6) is 0. The van der Waals surface area contributed by atoms with Crippen LogP contribution in [0.15, 0.2) is 60.7 Å². The minimum Gasteiger partial charge on any atom is -0.298 e. The lowest BCUT2D eigenvalue weighted by Crippen LogP contribution is -2.18. The molecule has 0 spiro atoms.